The first-order valence-corrected chi connectivity index (χ1v) is 7.74. The van der Waals surface area contributed by atoms with Gasteiger partial charge in [-0.1, -0.05) is 18.6 Å². The molecule has 0 saturated heterocycles. The summed E-state index contributed by atoms with van der Waals surface area (Å²) in [6, 6.07) is 0. The molecular formula is C10H17N3O4S. The van der Waals surface area contributed by atoms with Gasteiger partial charge in [-0.2, -0.15) is 0 Å². The Morgan fingerprint density at radius 3 is 2.61 bits per heavy atom. The van der Waals surface area contributed by atoms with E-state index in [0.717, 1.165) is 6.42 Å². The van der Waals surface area contributed by atoms with Crippen LogP contribution in [0.25, 0.3) is 0 Å². The fourth-order valence-electron chi connectivity index (χ4n) is 1.64. The molecule has 1 heterocycles. The van der Waals surface area contributed by atoms with Crippen LogP contribution in [-0.4, -0.2) is 46.5 Å². The molecule has 0 aromatic carbocycles. The molecule has 0 aliphatic carbocycles. The molecule has 102 valence electrons. The molecule has 8 heteroatoms. The van der Waals surface area contributed by atoms with Crippen molar-refractivity contribution in [3.05, 3.63) is 11.4 Å². The topological polar surface area (TPSA) is 102 Å². The molecule has 0 fully saturated rings. The van der Waals surface area contributed by atoms with Gasteiger partial charge in [-0.15, -0.1) is 5.10 Å². The third kappa shape index (κ3) is 4.10. The first kappa shape index (κ1) is 14.6. The van der Waals surface area contributed by atoms with Crippen molar-refractivity contribution in [3.63, 3.8) is 0 Å². The van der Waals surface area contributed by atoms with Gasteiger partial charge in [0, 0.05) is 12.8 Å². The molecule has 18 heavy (non-hydrogen) atoms. The van der Waals surface area contributed by atoms with Crippen LogP contribution in [0.1, 0.15) is 35.9 Å². The van der Waals surface area contributed by atoms with E-state index >= 15 is 0 Å². The van der Waals surface area contributed by atoms with Crippen LogP contribution in [-0.2, 0) is 22.8 Å². The molecular weight excluding hydrogens is 258 g/mol. The summed E-state index contributed by atoms with van der Waals surface area (Å²) in [6.45, 7) is 2.29. The summed E-state index contributed by atoms with van der Waals surface area (Å²) in [5.41, 5.74) is 0.509. The van der Waals surface area contributed by atoms with E-state index in [1.807, 2.05) is 6.92 Å². The van der Waals surface area contributed by atoms with Gasteiger partial charge >= 0.3 is 5.97 Å². The molecule has 0 radical (unpaired) electrons. The van der Waals surface area contributed by atoms with E-state index in [0.29, 0.717) is 25.1 Å². The quantitative estimate of drug-likeness (QED) is 0.771. The summed E-state index contributed by atoms with van der Waals surface area (Å²) >= 11 is 0. The van der Waals surface area contributed by atoms with Gasteiger partial charge in [-0.05, 0) is 12.8 Å². The van der Waals surface area contributed by atoms with Gasteiger partial charge in [-0.25, -0.2) is 17.9 Å². The minimum absolute atomic E-state index is 0.0452. The highest BCUT2D eigenvalue weighted by Crippen LogP contribution is 2.09. The van der Waals surface area contributed by atoms with E-state index in [9.17, 15) is 13.2 Å². The van der Waals surface area contributed by atoms with Crippen molar-refractivity contribution in [2.24, 2.45) is 0 Å². The normalized spacial score (nSPS) is 11.7. The Morgan fingerprint density at radius 1 is 1.44 bits per heavy atom. The number of aromatic nitrogens is 3. The molecule has 0 atom stereocenters. The van der Waals surface area contributed by atoms with E-state index in [1.165, 1.54) is 10.9 Å². The molecule has 1 aromatic heterocycles. The van der Waals surface area contributed by atoms with Crippen molar-refractivity contribution in [2.45, 2.75) is 32.7 Å². The lowest BCUT2D eigenvalue weighted by Gasteiger charge is -2.05. The number of nitrogens with zero attached hydrogens (tertiary/aromatic N) is 3. The highest BCUT2D eigenvalue weighted by atomic mass is 32.2. The predicted octanol–water partition coefficient (Wildman–Crippen LogP) is 0.364. The zero-order valence-corrected chi connectivity index (χ0v) is 11.3. The van der Waals surface area contributed by atoms with Crippen LogP contribution < -0.4 is 0 Å². The van der Waals surface area contributed by atoms with Gasteiger partial charge in [-0.3, -0.25) is 0 Å². The third-order valence-electron chi connectivity index (χ3n) is 2.41. The minimum Gasteiger partial charge on any atom is -0.476 e. The largest absolute Gasteiger partial charge is 0.476 e. The van der Waals surface area contributed by atoms with Crippen molar-refractivity contribution in [1.82, 2.24) is 15.0 Å². The summed E-state index contributed by atoms with van der Waals surface area (Å²) in [7, 11) is -3.01. The van der Waals surface area contributed by atoms with Crippen LogP contribution in [0.5, 0.6) is 0 Å². The van der Waals surface area contributed by atoms with E-state index in [-0.39, 0.29) is 11.4 Å². The third-order valence-corrected chi connectivity index (χ3v) is 3.44. The number of sulfone groups is 1. The second kappa shape index (κ2) is 5.94. The smallest absolute Gasteiger partial charge is 0.358 e. The van der Waals surface area contributed by atoms with Crippen molar-refractivity contribution in [3.8, 4) is 0 Å². The van der Waals surface area contributed by atoms with Crippen molar-refractivity contribution in [2.75, 3.05) is 12.0 Å². The van der Waals surface area contributed by atoms with Crippen LogP contribution in [0.2, 0.25) is 0 Å². The zero-order valence-electron chi connectivity index (χ0n) is 10.5. The lowest BCUT2D eigenvalue weighted by Crippen LogP contribution is -2.12. The maximum atomic E-state index is 11.0. The summed E-state index contributed by atoms with van der Waals surface area (Å²) in [4.78, 5) is 10.9. The summed E-state index contributed by atoms with van der Waals surface area (Å²) in [5, 5.41) is 16.3. The fraction of sp³-hybridized carbons (Fsp3) is 0.700. The number of carboxylic acids is 1. The Bertz CT molecular complexity index is 521. The van der Waals surface area contributed by atoms with E-state index in [2.05, 4.69) is 10.3 Å². The van der Waals surface area contributed by atoms with Crippen LogP contribution in [0.3, 0.4) is 0 Å². The lowest BCUT2D eigenvalue weighted by molar-refractivity contribution is 0.0689. The molecule has 0 saturated carbocycles. The van der Waals surface area contributed by atoms with Crippen molar-refractivity contribution in [1.29, 1.82) is 0 Å². The number of aryl methyl sites for hydroxylation is 1. The molecule has 0 aliphatic heterocycles. The van der Waals surface area contributed by atoms with Crippen LogP contribution in [0.15, 0.2) is 0 Å². The number of aromatic carboxylic acids is 1. The highest BCUT2D eigenvalue weighted by Gasteiger charge is 2.18. The van der Waals surface area contributed by atoms with Crippen LogP contribution >= 0.6 is 0 Å². The lowest BCUT2D eigenvalue weighted by atomic mass is 10.2. The zero-order chi connectivity index (χ0) is 13.8. The Balaban J connectivity index is 2.79. The molecule has 1 aromatic rings. The Hall–Kier alpha value is -1.44. The van der Waals surface area contributed by atoms with Gasteiger partial charge < -0.3 is 5.11 Å². The second-order valence-corrected chi connectivity index (χ2v) is 6.41. The summed E-state index contributed by atoms with van der Waals surface area (Å²) < 4.78 is 23.5. The maximum absolute atomic E-state index is 11.0. The Labute approximate surface area is 106 Å². The number of rotatable bonds is 7. The average Bonchev–Trinajstić information content (AvgIpc) is 2.60. The molecule has 0 bridgehead atoms. The number of carbonyl (C=O) groups is 1. The standard InChI is InChI=1S/C10H17N3O4S/c1-3-5-8-9(10(14)15)11-12-13(8)6-4-7-18(2,16)17/h3-7H2,1-2H3,(H,14,15). The van der Waals surface area contributed by atoms with E-state index in [1.54, 1.807) is 0 Å². The van der Waals surface area contributed by atoms with E-state index < -0.39 is 15.8 Å². The van der Waals surface area contributed by atoms with Gasteiger partial charge in [0.15, 0.2) is 5.69 Å². The molecule has 0 spiro atoms. The van der Waals surface area contributed by atoms with Gasteiger partial charge in [0.25, 0.3) is 0 Å². The molecule has 7 nitrogen and oxygen atoms in total. The molecule has 0 unspecified atom stereocenters. The average molecular weight is 275 g/mol. The van der Waals surface area contributed by atoms with E-state index in [4.69, 9.17) is 5.11 Å². The van der Waals surface area contributed by atoms with Gasteiger partial charge in [0.2, 0.25) is 0 Å². The Morgan fingerprint density at radius 2 is 2.11 bits per heavy atom. The van der Waals surface area contributed by atoms with Crippen LogP contribution in [0, 0.1) is 0 Å². The maximum Gasteiger partial charge on any atom is 0.358 e. The van der Waals surface area contributed by atoms with Gasteiger partial charge in [0.1, 0.15) is 9.84 Å². The summed E-state index contributed by atoms with van der Waals surface area (Å²) in [6.07, 6.45) is 2.91. The fourth-order valence-corrected chi connectivity index (χ4v) is 2.29. The molecule has 1 rings (SSSR count). The number of carboxylic acid groups (broad SMARTS) is 1. The molecule has 0 amide bonds. The van der Waals surface area contributed by atoms with Gasteiger partial charge in [0.05, 0.1) is 11.4 Å². The SMILES string of the molecule is CCCc1c(C(=O)O)nnn1CCCS(C)(=O)=O. The first-order chi connectivity index (χ1) is 8.35. The molecule has 0 aliphatic rings. The van der Waals surface area contributed by atoms with Crippen LogP contribution in [0.4, 0.5) is 0 Å². The van der Waals surface area contributed by atoms with Crippen molar-refractivity contribution >= 4 is 15.8 Å². The second-order valence-electron chi connectivity index (χ2n) is 4.15. The summed E-state index contributed by atoms with van der Waals surface area (Å²) in [5.74, 6) is -1.05. The first-order valence-electron chi connectivity index (χ1n) is 5.68. The highest BCUT2D eigenvalue weighted by molar-refractivity contribution is 7.90. The predicted molar refractivity (Wildman–Crippen MR) is 65.3 cm³/mol. The Kier molecular flexibility index (Phi) is 4.83. The minimum atomic E-state index is -3.01. The number of hydrogen-bond acceptors (Lipinski definition) is 5. The molecule has 1 N–H and O–H groups in total. The van der Waals surface area contributed by atoms with Crippen molar-refractivity contribution < 1.29 is 18.3 Å². The number of hydrogen-bond donors (Lipinski definition) is 1. The monoisotopic (exact) mass is 275 g/mol.